The molecule has 1 fully saturated rings. The second-order valence-corrected chi connectivity index (χ2v) is 8.02. The molecule has 10 heteroatoms. The summed E-state index contributed by atoms with van der Waals surface area (Å²) in [5.74, 6) is 0.163. The molecule has 0 bridgehead atoms. The molecule has 0 saturated carbocycles. The number of amides is 2. The van der Waals surface area contributed by atoms with E-state index in [1.807, 2.05) is 13.0 Å². The predicted octanol–water partition coefficient (Wildman–Crippen LogP) is 3.96. The molecule has 0 unspecified atom stereocenters. The van der Waals surface area contributed by atoms with Gasteiger partial charge in [0.2, 0.25) is 5.28 Å². The molecular weight excluding hydrogens is 425 g/mol. The highest BCUT2D eigenvalue weighted by molar-refractivity contribution is 6.28. The Kier molecular flexibility index (Phi) is 5.15. The zero-order chi connectivity index (χ0) is 21.5. The quantitative estimate of drug-likeness (QED) is 0.614. The van der Waals surface area contributed by atoms with Crippen LogP contribution in [0.25, 0.3) is 11.0 Å². The molecule has 2 aromatic heterocycles. The molecule has 3 aromatic rings. The van der Waals surface area contributed by atoms with Crippen LogP contribution in [0.15, 0.2) is 28.9 Å². The molecule has 0 spiro atoms. The Bertz CT molecular complexity index is 1150. The zero-order valence-corrected chi connectivity index (χ0v) is 17.7. The number of hydrogen-bond acceptors (Lipinski definition) is 6. The van der Waals surface area contributed by atoms with Crippen LogP contribution in [0, 0.1) is 5.82 Å². The lowest BCUT2D eigenvalue weighted by molar-refractivity contribution is 0.0429. The van der Waals surface area contributed by atoms with Crippen LogP contribution in [0.4, 0.5) is 15.0 Å². The third-order valence-electron chi connectivity index (χ3n) is 5.71. The molecular formula is C21H21ClFN5O3. The molecule has 2 amide bonds. The molecule has 162 valence electrons. The molecule has 2 aliphatic rings. The molecule has 1 N–H and O–H groups in total. The number of rotatable bonds is 3. The van der Waals surface area contributed by atoms with Crippen molar-refractivity contribution < 1.29 is 18.3 Å². The van der Waals surface area contributed by atoms with Gasteiger partial charge in [-0.25, -0.2) is 19.2 Å². The minimum absolute atomic E-state index is 0.0488. The van der Waals surface area contributed by atoms with Crippen molar-refractivity contribution in [2.45, 2.75) is 26.1 Å². The smallest absolute Gasteiger partial charge is 0.320 e. The Balaban J connectivity index is 1.40. The maximum absolute atomic E-state index is 13.9. The first kappa shape index (κ1) is 20.0. The van der Waals surface area contributed by atoms with E-state index in [1.54, 1.807) is 21.9 Å². The highest BCUT2D eigenvalue weighted by atomic mass is 35.5. The third-order valence-corrected chi connectivity index (χ3v) is 5.88. The number of urea groups is 1. The number of benzene rings is 1. The first-order chi connectivity index (χ1) is 15.0. The summed E-state index contributed by atoms with van der Waals surface area (Å²) in [6.45, 7) is 4.92. The molecule has 0 aliphatic carbocycles. The molecule has 1 aromatic carbocycles. The van der Waals surface area contributed by atoms with E-state index in [1.165, 1.54) is 0 Å². The maximum atomic E-state index is 13.9. The van der Waals surface area contributed by atoms with E-state index in [2.05, 4.69) is 15.3 Å². The molecule has 4 heterocycles. The van der Waals surface area contributed by atoms with Crippen LogP contribution in [0.2, 0.25) is 5.28 Å². The van der Waals surface area contributed by atoms with Crippen molar-refractivity contribution >= 4 is 34.4 Å². The summed E-state index contributed by atoms with van der Waals surface area (Å²) < 4.78 is 24.7. The number of anilines is 1. The van der Waals surface area contributed by atoms with Gasteiger partial charge in [0.1, 0.15) is 17.7 Å². The fourth-order valence-electron chi connectivity index (χ4n) is 4.11. The summed E-state index contributed by atoms with van der Waals surface area (Å²) in [5.41, 5.74) is 2.83. The number of nitrogens with one attached hydrogen (secondary N) is 1. The summed E-state index contributed by atoms with van der Waals surface area (Å²) in [5, 5.41) is 3.89. The van der Waals surface area contributed by atoms with E-state index >= 15 is 0 Å². The second kappa shape index (κ2) is 7.97. The van der Waals surface area contributed by atoms with Crippen molar-refractivity contribution in [1.29, 1.82) is 0 Å². The number of ether oxygens (including phenoxy) is 1. The van der Waals surface area contributed by atoms with Crippen molar-refractivity contribution in [3.8, 4) is 0 Å². The fourth-order valence-corrected chi connectivity index (χ4v) is 4.29. The molecule has 1 saturated heterocycles. The van der Waals surface area contributed by atoms with Gasteiger partial charge in [-0.2, -0.15) is 0 Å². The molecule has 8 nitrogen and oxygen atoms in total. The van der Waals surface area contributed by atoms with Crippen LogP contribution in [0.5, 0.6) is 0 Å². The largest absolute Gasteiger partial charge is 0.461 e. The summed E-state index contributed by atoms with van der Waals surface area (Å²) in [7, 11) is 0. The van der Waals surface area contributed by atoms with Crippen LogP contribution in [0.3, 0.4) is 0 Å². The van der Waals surface area contributed by atoms with Crippen molar-refractivity contribution in [3.63, 3.8) is 0 Å². The van der Waals surface area contributed by atoms with Crippen LogP contribution in [-0.4, -0.2) is 52.1 Å². The number of aromatic nitrogens is 2. The number of nitrogens with zero attached hydrogens (tertiary/aromatic N) is 4. The van der Waals surface area contributed by atoms with Gasteiger partial charge < -0.3 is 24.3 Å². The normalized spacial score (nSPS) is 17.1. The molecule has 5 rings (SSSR count). The van der Waals surface area contributed by atoms with Crippen molar-refractivity contribution in [3.05, 3.63) is 52.4 Å². The van der Waals surface area contributed by atoms with Gasteiger partial charge >= 0.3 is 6.03 Å². The summed E-state index contributed by atoms with van der Waals surface area (Å²) >= 11 is 6.17. The number of halogens is 2. The monoisotopic (exact) mass is 445 g/mol. The Hall–Kier alpha value is -2.91. The van der Waals surface area contributed by atoms with E-state index < -0.39 is 5.82 Å². The number of furan rings is 1. The van der Waals surface area contributed by atoms with E-state index in [0.29, 0.717) is 56.2 Å². The number of fused-ring (bicyclic) bond motifs is 2. The highest BCUT2D eigenvalue weighted by Crippen LogP contribution is 2.33. The number of carbonyl (C=O) groups excluding carboxylic acids is 1. The number of morpholine rings is 1. The first-order valence-electron chi connectivity index (χ1n) is 10.1. The van der Waals surface area contributed by atoms with Crippen molar-refractivity contribution in [2.75, 3.05) is 31.6 Å². The predicted molar refractivity (Wildman–Crippen MR) is 112 cm³/mol. The van der Waals surface area contributed by atoms with Crippen LogP contribution < -0.4 is 5.32 Å². The van der Waals surface area contributed by atoms with E-state index in [9.17, 15) is 9.18 Å². The molecule has 2 aliphatic heterocycles. The Labute approximate surface area is 182 Å². The topological polar surface area (TPSA) is 83.7 Å². The lowest BCUT2D eigenvalue weighted by Gasteiger charge is -2.30. The third kappa shape index (κ3) is 3.68. The van der Waals surface area contributed by atoms with Gasteiger partial charge in [-0.05, 0) is 24.6 Å². The summed E-state index contributed by atoms with van der Waals surface area (Å²) in [6, 6.07) is 5.05. The van der Waals surface area contributed by atoms with Gasteiger partial charge in [-0.1, -0.05) is 12.1 Å². The first-order valence-corrected chi connectivity index (χ1v) is 10.5. The number of para-hydroxylation sites is 1. The van der Waals surface area contributed by atoms with Gasteiger partial charge in [0.15, 0.2) is 5.82 Å². The minimum Gasteiger partial charge on any atom is -0.461 e. The average molecular weight is 446 g/mol. The Morgan fingerprint density at radius 1 is 1.23 bits per heavy atom. The summed E-state index contributed by atoms with van der Waals surface area (Å²) in [6.07, 6.45) is 1.11. The number of carbonyl (C=O) groups is 1. The molecule has 1 atom stereocenters. The van der Waals surface area contributed by atoms with Crippen LogP contribution in [-0.2, 0) is 17.8 Å². The van der Waals surface area contributed by atoms with E-state index in [0.717, 1.165) is 23.1 Å². The van der Waals surface area contributed by atoms with E-state index in [-0.39, 0.29) is 17.4 Å². The lowest BCUT2D eigenvalue weighted by Crippen LogP contribution is -2.46. The molecule has 0 radical (unpaired) electrons. The minimum atomic E-state index is -0.396. The highest BCUT2D eigenvalue weighted by Gasteiger charge is 2.32. The Morgan fingerprint density at radius 3 is 2.84 bits per heavy atom. The zero-order valence-electron chi connectivity index (χ0n) is 16.9. The van der Waals surface area contributed by atoms with Gasteiger partial charge in [-0.15, -0.1) is 0 Å². The van der Waals surface area contributed by atoms with Gasteiger partial charge in [0, 0.05) is 24.2 Å². The van der Waals surface area contributed by atoms with Crippen LogP contribution >= 0.6 is 11.6 Å². The van der Waals surface area contributed by atoms with E-state index in [4.69, 9.17) is 20.8 Å². The van der Waals surface area contributed by atoms with Crippen LogP contribution in [0.1, 0.15) is 29.8 Å². The molecule has 31 heavy (non-hydrogen) atoms. The van der Waals surface area contributed by atoms with Gasteiger partial charge in [0.25, 0.3) is 0 Å². The van der Waals surface area contributed by atoms with Crippen molar-refractivity contribution in [2.24, 2.45) is 0 Å². The second-order valence-electron chi connectivity index (χ2n) is 7.68. The maximum Gasteiger partial charge on any atom is 0.320 e. The number of hydrogen-bond donors (Lipinski definition) is 1. The standard InChI is InChI=1S/C21H21ClFN5O3/c1-12(13-3-2-4-14-16(23)11-31-18(13)14)24-19-15-9-28(10-17(15)25-20(22)26-19)21(29)27-5-7-30-8-6-27/h2-4,11-12H,5-10H2,1H3,(H,24,25,26)/t12-/m1/s1. The lowest BCUT2D eigenvalue weighted by atomic mass is 10.1. The summed E-state index contributed by atoms with van der Waals surface area (Å²) in [4.78, 5) is 25.1. The van der Waals surface area contributed by atoms with Gasteiger partial charge in [-0.3, -0.25) is 0 Å². The fraction of sp³-hybridized carbons (Fsp3) is 0.381. The Morgan fingerprint density at radius 2 is 2.03 bits per heavy atom. The van der Waals surface area contributed by atoms with Crippen molar-refractivity contribution in [1.82, 2.24) is 19.8 Å². The van der Waals surface area contributed by atoms with Gasteiger partial charge in [0.05, 0.1) is 43.4 Å². The average Bonchev–Trinajstić information content (AvgIpc) is 3.37. The SMILES string of the molecule is C[C@@H](Nc1nc(Cl)nc2c1CN(C(=O)N1CCOCC1)C2)c1cccc2c(F)coc12.